The fraction of sp³-hybridized carbons (Fsp3) is 0.500. The molecule has 2 atom stereocenters. The lowest BCUT2D eigenvalue weighted by molar-refractivity contribution is -0.119. The van der Waals surface area contributed by atoms with E-state index in [1.807, 2.05) is 13.8 Å². The zero-order valence-corrected chi connectivity index (χ0v) is 15.2. The Balaban J connectivity index is 1.82. The predicted molar refractivity (Wildman–Crippen MR) is 99.7 cm³/mol. The van der Waals surface area contributed by atoms with Gasteiger partial charge in [-0.25, -0.2) is 15.0 Å². The number of carbonyl (C=O) groups excluding carboxylic acids is 1. The maximum atomic E-state index is 11.2. The first kappa shape index (κ1) is 17.9. The molecule has 0 aliphatic heterocycles. The van der Waals surface area contributed by atoms with Gasteiger partial charge < -0.3 is 16.0 Å². The summed E-state index contributed by atoms with van der Waals surface area (Å²) >= 11 is 0. The number of rotatable bonds is 5. The minimum atomic E-state index is 0.00128. The average Bonchev–Trinajstić information content (AvgIpc) is 3.00. The smallest absolute Gasteiger partial charge is 0.223 e. The number of pyridine rings is 1. The van der Waals surface area contributed by atoms with Crippen LogP contribution in [0.15, 0.2) is 12.3 Å². The highest BCUT2D eigenvalue weighted by Crippen LogP contribution is 2.25. The summed E-state index contributed by atoms with van der Waals surface area (Å²) in [5.74, 6) is 1.12. The highest BCUT2D eigenvalue weighted by atomic mass is 16.1. The van der Waals surface area contributed by atoms with Crippen LogP contribution in [0.5, 0.6) is 0 Å². The van der Waals surface area contributed by atoms with Crippen molar-refractivity contribution in [3.63, 3.8) is 0 Å². The van der Waals surface area contributed by atoms with E-state index in [4.69, 9.17) is 5.26 Å². The summed E-state index contributed by atoms with van der Waals surface area (Å²) in [6.45, 7) is 5.56. The molecule has 0 bridgehead atoms. The van der Waals surface area contributed by atoms with E-state index < -0.39 is 0 Å². The van der Waals surface area contributed by atoms with Crippen LogP contribution in [0, 0.1) is 11.3 Å². The van der Waals surface area contributed by atoms with E-state index in [9.17, 15) is 4.79 Å². The second-order valence-electron chi connectivity index (χ2n) is 6.95. The van der Waals surface area contributed by atoms with Gasteiger partial charge in [-0.1, -0.05) is 0 Å². The van der Waals surface area contributed by atoms with Crippen molar-refractivity contribution < 1.29 is 4.79 Å². The first-order valence-electron chi connectivity index (χ1n) is 8.82. The Morgan fingerprint density at radius 2 is 2.08 bits per heavy atom. The van der Waals surface area contributed by atoms with Gasteiger partial charge in [0.25, 0.3) is 0 Å². The first-order chi connectivity index (χ1) is 12.4. The molecule has 3 rings (SSSR count). The number of aromatic nitrogens is 3. The van der Waals surface area contributed by atoms with Crippen LogP contribution < -0.4 is 16.0 Å². The average molecular weight is 353 g/mol. The lowest BCUT2D eigenvalue weighted by atomic mass is 10.2. The van der Waals surface area contributed by atoms with Gasteiger partial charge in [0.1, 0.15) is 17.3 Å². The van der Waals surface area contributed by atoms with Gasteiger partial charge in [-0.3, -0.25) is 4.79 Å². The van der Waals surface area contributed by atoms with Crippen LogP contribution in [0.2, 0.25) is 0 Å². The van der Waals surface area contributed by atoms with E-state index in [0.29, 0.717) is 23.0 Å². The van der Waals surface area contributed by atoms with E-state index in [1.165, 1.54) is 0 Å². The standard InChI is InChI=1S/C18H23N7O/c1-10(2)21-17-16-12(6-15(8-19)23-17)9-20-18(25-16)24-14-5-4-13(7-14)22-11(3)26/h6,9-10,13-14H,4-5,7H2,1-3H3,(H,21,23)(H,22,26)(H,20,24,25)/t13-,14-/m0/s1. The summed E-state index contributed by atoms with van der Waals surface area (Å²) in [6.07, 6.45) is 4.45. The fourth-order valence-corrected chi connectivity index (χ4v) is 3.25. The summed E-state index contributed by atoms with van der Waals surface area (Å²) in [6, 6.07) is 4.34. The van der Waals surface area contributed by atoms with Gasteiger partial charge in [-0.15, -0.1) is 0 Å². The summed E-state index contributed by atoms with van der Waals surface area (Å²) in [4.78, 5) is 24.5. The highest BCUT2D eigenvalue weighted by Gasteiger charge is 2.25. The molecule has 0 aromatic carbocycles. The summed E-state index contributed by atoms with van der Waals surface area (Å²) < 4.78 is 0. The summed E-state index contributed by atoms with van der Waals surface area (Å²) in [5.41, 5.74) is 1.02. The number of amides is 1. The lowest BCUT2D eigenvalue weighted by Gasteiger charge is -2.15. The van der Waals surface area contributed by atoms with Crippen molar-refractivity contribution in [2.24, 2.45) is 0 Å². The van der Waals surface area contributed by atoms with Crippen molar-refractivity contribution in [3.8, 4) is 6.07 Å². The number of anilines is 2. The molecular weight excluding hydrogens is 330 g/mol. The predicted octanol–water partition coefficient (Wildman–Crippen LogP) is 2.19. The third-order valence-electron chi connectivity index (χ3n) is 4.28. The van der Waals surface area contributed by atoms with Crippen LogP contribution in [0.3, 0.4) is 0 Å². The Morgan fingerprint density at radius 3 is 2.77 bits per heavy atom. The van der Waals surface area contributed by atoms with Gasteiger partial charge in [0.15, 0.2) is 5.82 Å². The van der Waals surface area contributed by atoms with E-state index >= 15 is 0 Å². The molecule has 1 aliphatic rings. The largest absolute Gasteiger partial charge is 0.366 e. The van der Waals surface area contributed by atoms with E-state index in [1.54, 1.807) is 19.2 Å². The lowest BCUT2D eigenvalue weighted by Crippen LogP contribution is -2.32. The van der Waals surface area contributed by atoms with Crippen molar-refractivity contribution in [1.29, 1.82) is 5.26 Å². The maximum absolute atomic E-state index is 11.2. The molecule has 0 saturated heterocycles. The molecule has 0 spiro atoms. The van der Waals surface area contributed by atoms with Gasteiger partial charge in [0.05, 0.1) is 0 Å². The number of fused-ring (bicyclic) bond motifs is 1. The molecule has 2 aromatic heterocycles. The van der Waals surface area contributed by atoms with Crippen LogP contribution >= 0.6 is 0 Å². The number of nitrogens with zero attached hydrogens (tertiary/aromatic N) is 4. The SMILES string of the molecule is CC(=O)N[C@H]1CC[C@H](Nc2ncc3cc(C#N)nc(NC(C)C)c3n2)C1. The second kappa shape index (κ2) is 7.52. The molecule has 0 unspecified atom stereocenters. The number of nitrogens with one attached hydrogen (secondary N) is 3. The molecule has 8 heteroatoms. The maximum Gasteiger partial charge on any atom is 0.223 e. The molecule has 2 heterocycles. The number of carbonyl (C=O) groups is 1. The second-order valence-corrected chi connectivity index (χ2v) is 6.95. The highest BCUT2D eigenvalue weighted by molar-refractivity contribution is 5.89. The van der Waals surface area contributed by atoms with Crippen molar-refractivity contribution in [1.82, 2.24) is 20.3 Å². The topological polar surface area (TPSA) is 116 Å². The van der Waals surface area contributed by atoms with E-state index in [0.717, 1.165) is 24.6 Å². The minimum absolute atomic E-state index is 0.00128. The third-order valence-corrected chi connectivity index (χ3v) is 4.28. The molecule has 0 radical (unpaired) electrons. The molecular formula is C18H23N7O. The molecule has 1 amide bonds. The van der Waals surface area contributed by atoms with Crippen molar-refractivity contribution in [2.75, 3.05) is 10.6 Å². The van der Waals surface area contributed by atoms with Gasteiger partial charge in [0.2, 0.25) is 11.9 Å². The molecule has 26 heavy (non-hydrogen) atoms. The Labute approximate surface area is 152 Å². The van der Waals surface area contributed by atoms with Crippen molar-refractivity contribution >= 4 is 28.6 Å². The fourth-order valence-electron chi connectivity index (χ4n) is 3.25. The molecule has 136 valence electrons. The quantitative estimate of drug-likeness (QED) is 0.754. The normalized spacial score (nSPS) is 19.3. The Kier molecular flexibility index (Phi) is 5.16. The molecule has 8 nitrogen and oxygen atoms in total. The van der Waals surface area contributed by atoms with Gasteiger partial charge in [-0.05, 0) is 39.2 Å². The van der Waals surface area contributed by atoms with Crippen LogP contribution in [-0.2, 0) is 4.79 Å². The molecule has 3 N–H and O–H groups in total. The van der Waals surface area contributed by atoms with Gasteiger partial charge in [-0.2, -0.15) is 5.26 Å². The van der Waals surface area contributed by atoms with E-state index in [-0.39, 0.29) is 24.0 Å². The third kappa shape index (κ3) is 4.17. The number of nitriles is 1. The summed E-state index contributed by atoms with van der Waals surface area (Å²) in [7, 11) is 0. The molecule has 2 aromatic rings. The zero-order valence-electron chi connectivity index (χ0n) is 15.2. The first-order valence-corrected chi connectivity index (χ1v) is 8.82. The van der Waals surface area contributed by atoms with Crippen LogP contribution in [0.4, 0.5) is 11.8 Å². The summed E-state index contributed by atoms with van der Waals surface area (Å²) in [5, 5.41) is 19.5. The monoisotopic (exact) mass is 353 g/mol. The van der Waals surface area contributed by atoms with Crippen molar-refractivity contribution in [3.05, 3.63) is 18.0 Å². The van der Waals surface area contributed by atoms with Crippen LogP contribution in [0.25, 0.3) is 10.9 Å². The van der Waals surface area contributed by atoms with Crippen LogP contribution in [0.1, 0.15) is 45.7 Å². The minimum Gasteiger partial charge on any atom is -0.366 e. The Hall–Kier alpha value is -2.95. The Morgan fingerprint density at radius 1 is 1.31 bits per heavy atom. The van der Waals surface area contributed by atoms with Gasteiger partial charge in [0, 0.05) is 36.6 Å². The van der Waals surface area contributed by atoms with Crippen molar-refractivity contribution in [2.45, 2.75) is 58.2 Å². The van der Waals surface area contributed by atoms with E-state index in [2.05, 4.69) is 37.0 Å². The number of hydrogen-bond acceptors (Lipinski definition) is 7. The van der Waals surface area contributed by atoms with Gasteiger partial charge >= 0.3 is 0 Å². The molecule has 1 aliphatic carbocycles. The molecule has 1 saturated carbocycles. The zero-order chi connectivity index (χ0) is 18.7. The number of hydrogen-bond donors (Lipinski definition) is 3. The Bertz CT molecular complexity index is 858. The van der Waals surface area contributed by atoms with Crippen LogP contribution in [-0.4, -0.2) is 39.0 Å². The molecule has 1 fully saturated rings.